The number of nitrogens with two attached hydrogens (primary N) is 1. The van der Waals surface area contributed by atoms with Crippen LogP contribution in [-0.4, -0.2) is 33.9 Å². The first-order valence-corrected chi connectivity index (χ1v) is 10.6. The maximum absolute atomic E-state index is 13.1. The number of hydrogen-bond acceptors (Lipinski definition) is 5. The molecule has 0 saturated carbocycles. The Bertz CT molecular complexity index is 864. The minimum atomic E-state index is -0.554. The number of carbonyl (C=O) groups excluding carboxylic acids is 2. The predicted molar refractivity (Wildman–Crippen MR) is 113 cm³/mol. The van der Waals surface area contributed by atoms with Crippen LogP contribution in [-0.2, 0) is 14.3 Å². The Balaban J connectivity index is 1.65. The number of benzene rings is 2. The summed E-state index contributed by atoms with van der Waals surface area (Å²) in [5.74, 6) is -0.0824. The van der Waals surface area contributed by atoms with E-state index < -0.39 is 18.1 Å². The molecule has 1 amide bonds. The van der Waals surface area contributed by atoms with Gasteiger partial charge in [-0.2, -0.15) is 0 Å². The van der Waals surface area contributed by atoms with Gasteiger partial charge in [0.05, 0.1) is 0 Å². The van der Waals surface area contributed by atoms with E-state index in [2.05, 4.69) is 22.6 Å². The monoisotopic (exact) mass is 492 g/mol. The lowest BCUT2D eigenvalue weighted by Gasteiger charge is -2.47. The Kier molecular flexibility index (Phi) is 5.25. The minimum absolute atomic E-state index is 0.189. The highest BCUT2D eigenvalue weighted by molar-refractivity contribution is 14.1. The number of ether oxygens (including phenoxy) is 1. The molecule has 2 aliphatic heterocycles. The topological polar surface area (TPSA) is 72.6 Å². The Morgan fingerprint density at radius 2 is 1.67 bits per heavy atom. The fraction of sp³-hybridized carbons (Fsp3) is 0.200. The molecule has 7 heteroatoms. The number of fused-ring (bicyclic) bond motifs is 1. The Hall–Kier alpha value is -1.84. The van der Waals surface area contributed by atoms with Crippen molar-refractivity contribution in [3.05, 3.63) is 81.1 Å². The van der Waals surface area contributed by atoms with Gasteiger partial charge in [-0.25, -0.2) is 4.79 Å². The molecule has 2 N–H and O–H groups in total. The van der Waals surface area contributed by atoms with Crippen molar-refractivity contribution >= 4 is 46.2 Å². The van der Waals surface area contributed by atoms with Gasteiger partial charge in [0.15, 0.2) is 6.10 Å². The molecule has 0 aliphatic carbocycles. The lowest BCUT2D eigenvalue weighted by molar-refractivity contribution is -0.152. The summed E-state index contributed by atoms with van der Waals surface area (Å²) in [6.45, 7) is 0. The zero-order valence-electron chi connectivity index (χ0n) is 14.2. The summed E-state index contributed by atoms with van der Waals surface area (Å²) in [6.07, 6.45) is -0.547. The number of thioether (sulfide) groups is 1. The first kappa shape index (κ1) is 18.5. The van der Waals surface area contributed by atoms with Crippen LogP contribution in [0.1, 0.15) is 17.2 Å². The molecule has 2 aromatic rings. The van der Waals surface area contributed by atoms with E-state index in [1.54, 1.807) is 11.8 Å². The smallest absolute Gasteiger partial charge is 0.356 e. The van der Waals surface area contributed by atoms with Gasteiger partial charge in [0.25, 0.3) is 0 Å². The van der Waals surface area contributed by atoms with E-state index in [1.165, 1.54) is 4.90 Å². The molecule has 2 aromatic carbocycles. The van der Waals surface area contributed by atoms with Crippen LogP contribution in [0.4, 0.5) is 0 Å². The second-order valence-corrected chi connectivity index (χ2v) is 8.70. The van der Waals surface area contributed by atoms with Gasteiger partial charge in [-0.05, 0) is 33.7 Å². The Morgan fingerprint density at radius 3 is 2.22 bits per heavy atom. The van der Waals surface area contributed by atoms with E-state index in [0.717, 1.165) is 14.7 Å². The lowest BCUT2D eigenvalue weighted by Crippen LogP contribution is -2.68. The van der Waals surface area contributed by atoms with Gasteiger partial charge >= 0.3 is 5.97 Å². The van der Waals surface area contributed by atoms with Crippen molar-refractivity contribution in [1.29, 1.82) is 0 Å². The van der Waals surface area contributed by atoms with Crippen LogP contribution in [0, 0.1) is 0 Å². The van der Waals surface area contributed by atoms with Crippen molar-refractivity contribution in [3.63, 3.8) is 0 Å². The number of carbonyl (C=O) groups is 2. The van der Waals surface area contributed by atoms with Crippen molar-refractivity contribution in [2.75, 3.05) is 5.75 Å². The molecule has 2 heterocycles. The van der Waals surface area contributed by atoms with E-state index in [9.17, 15) is 9.59 Å². The zero-order chi connectivity index (χ0) is 19.0. The quantitative estimate of drug-likeness (QED) is 0.403. The minimum Gasteiger partial charge on any atom is -0.448 e. The number of esters is 1. The normalized spacial score (nSPS) is 21.7. The SMILES string of the molecule is NC1C(=O)N2C(C(=O)OC(c3ccccc3)c3ccccc3)=C(I)CS[C@@H]12. The van der Waals surface area contributed by atoms with E-state index in [4.69, 9.17) is 10.5 Å². The third kappa shape index (κ3) is 3.39. The molecular weight excluding hydrogens is 475 g/mol. The molecule has 0 bridgehead atoms. The summed E-state index contributed by atoms with van der Waals surface area (Å²) < 4.78 is 6.73. The van der Waals surface area contributed by atoms with Crippen LogP contribution in [0.3, 0.4) is 0 Å². The number of β-lactam (4-membered cyclic amide) rings is 1. The van der Waals surface area contributed by atoms with Gasteiger partial charge in [-0.3, -0.25) is 9.69 Å². The summed E-state index contributed by atoms with van der Waals surface area (Å²) in [7, 11) is 0. The van der Waals surface area contributed by atoms with Crippen LogP contribution in [0.5, 0.6) is 0 Å². The Labute approximate surface area is 175 Å². The van der Waals surface area contributed by atoms with Crippen LogP contribution in [0.2, 0.25) is 0 Å². The molecule has 0 radical (unpaired) electrons. The fourth-order valence-electron chi connectivity index (χ4n) is 3.22. The molecule has 27 heavy (non-hydrogen) atoms. The van der Waals surface area contributed by atoms with Gasteiger partial charge in [-0.15, -0.1) is 11.8 Å². The fourth-order valence-corrected chi connectivity index (χ4v) is 5.37. The summed E-state index contributed by atoms with van der Waals surface area (Å²) in [5, 5.41) is -0.189. The summed E-state index contributed by atoms with van der Waals surface area (Å²) in [6, 6.07) is 18.6. The van der Waals surface area contributed by atoms with Crippen molar-refractivity contribution in [2.24, 2.45) is 5.73 Å². The second-order valence-electron chi connectivity index (χ2n) is 6.30. The number of amides is 1. The van der Waals surface area contributed by atoms with E-state index in [0.29, 0.717) is 11.4 Å². The highest BCUT2D eigenvalue weighted by Crippen LogP contribution is 2.42. The van der Waals surface area contributed by atoms with Crippen molar-refractivity contribution < 1.29 is 14.3 Å². The van der Waals surface area contributed by atoms with Gasteiger partial charge in [-0.1, -0.05) is 60.7 Å². The van der Waals surface area contributed by atoms with Gasteiger partial charge in [0, 0.05) is 9.33 Å². The molecule has 4 rings (SSSR count). The number of hydrogen-bond donors (Lipinski definition) is 1. The maximum atomic E-state index is 13.1. The second kappa shape index (κ2) is 7.65. The third-order valence-corrected chi connectivity index (χ3v) is 7.30. The highest BCUT2D eigenvalue weighted by atomic mass is 127. The summed E-state index contributed by atoms with van der Waals surface area (Å²) in [4.78, 5) is 26.8. The molecule has 138 valence electrons. The largest absolute Gasteiger partial charge is 0.448 e. The first-order chi connectivity index (χ1) is 13.1. The van der Waals surface area contributed by atoms with Crippen molar-refractivity contribution in [1.82, 2.24) is 4.90 Å². The molecule has 0 aromatic heterocycles. The molecule has 2 atom stereocenters. The highest BCUT2D eigenvalue weighted by Gasteiger charge is 2.52. The first-order valence-electron chi connectivity index (χ1n) is 8.47. The molecule has 2 aliphatic rings. The predicted octanol–water partition coefficient (Wildman–Crippen LogP) is 3.21. The van der Waals surface area contributed by atoms with Crippen molar-refractivity contribution in [3.8, 4) is 0 Å². The number of halogens is 1. The standard InChI is InChI=1S/C20H17IN2O3S/c21-14-11-27-19-15(22)18(24)23(19)16(14)20(25)26-17(12-7-3-1-4-8-12)13-9-5-2-6-10-13/h1-10,15,17,19H,11,22H2/t15?,19-/m0/s1. The lowest BCUT2D eigenvalue weighted by atomic mass is 10.0. The molecule has 1 saturated heterocycles. The van der Waals surface area contributed by atoms with E-state index in [1.807, 2.05) is 60.7 Å². The number of rotatable bonds is 4. The van der Waals surface area contributed by atoms with Gasteiger partial charge in [0.1, 0.15) is 17.1 Å². The average molecular weight is 492 g/mol. The molecular formula is C20H17IN2O3S. The van der Waals surface area contributed by atoms with E-state index >= 15 is 0 Å². The molecule has 0 spiro atoms. The third-order valence-electron chi connectivity index (χ3n) is 4.59. The van der Waals surface area contributed by atoms with Crippen LogP contribution in [0.15, 0.2) is 69.9 Å². The summed E-state index contributed by atoms with van der Waals surface area (Å²) >= 11 is 3.68. The number of nitrogens with zero attached hydrogens (tertiary/aromatic N) is 1. The van der Waals surface area contributed by atoms with Crippen LogP contribution >= 0.6 is 34.4 Å². The van der Waals surface area contributed by atoms with Crippen LogP contribution < -0.4 is 5.73 Å². The summed E-state index contributed by atoms with van der Waals surface area (Å²) in [5.41, 5.74) is 7.95. The van der Waals surface area contributed by atoms with Gasteiger partial charge < -0.3 is 10.5 Å². The maximum Gasteiger partial charge on any atom is 0.356 e. The zero-order valence-corrected chi connectivity index (χ0v) is 17.2. The Morgan fingerprint density at radius 1 is 1.11 bits per heavy atom. The molecule has 1 unspecified atom stereocenters. The average Bonchev–Trinajstić information content (AvgIpc) is 2.72. The van der Waals surface area contributed by atoms with Gasteiger partial charge in [0.2, 0.25) is 5.91 Å². The van der Waals surface area contributed by atoms with Crippen LogP contribution in [0.25, 0.3) is 0 Å². The molecule has 1 fully saturated rings. The van der Waals surface area contributed by atoms with E-state index in [-0.39, 0.29) is 11.3 Å². The molecule has 5 nitrogen and oxygen atoms in total. The van der Waals surface area contributed by atoms with Crippen molar-refractivity contribution in [2.45, 2.75) is 17.5 Å².